The quantitative estimate of drug-likeness (QED) is 0.444. The Kier molecular flexibility index (Phi) is 7.23. The van der Waals surface area contributed by atoms with Crippen LogP contribution in [0, 0.1) is 0 Å². The predicted octanol–water partition coefficient (Wildman–Crippen LogP) is 3.51. The summed E-state index contributed by atoms with van der Waals surface area (Å²) in [5.41, 5.74) is 2.29. The number of carbonyl (C=O) groups excluding carboxylic acids is 1. The third kappa shape index (κ3) is 5.54. The second kappa shape index (κ2) is 10.1. The number of hydrogen-bond acceptors (Lipinski definition) is 3. The van der Waals surface area contributed by atoms with Crippen molar-refractivity contribution in [3.05, 3.63) is 102 Å². The normalized spacial score (nSPS) is 12.9. The van der Waals surface area contributed by atoms with E-state index in [1.807, 2.05) is 54.6 Å². The van der Waals surface area contributed by atoms with Gasteiger partial charge >= 0.3 is 167 Å². The molecular weight excluding hydrogens is 401 g/mol. The van der Waals surface area contributed by atoms with Gasteiger partial charge in [-0.2, -0.15) is 0 Å². The molecule has 0 bridgehead atoms. The zero-order valence-corrected chi connectivity index (χ0v) is 17.0. The van der Waals surface area contributed by atoms with Gasteiger partial charge in [0.05, 0.1) is 0 Å². The monoisotopic (exact) mass is 425 g/mol. The van der Waals surface area contributed by atoms with E-state index in [1.54, 1.807) is 0 Å². The van der Waals surface area contributed by atoms with Crippen LogP contribution in [0.3, 0.4) is 0 Å². The summed E-state index contributed by atoms with van der Waals surface area (Å²) in [4.78, 5) is 12.4. The fourth-order valence-electron chi connectivity index (χ4n) is 2.90. The summed E-state index contributed by atoms with van der Waals surface area (Å²) in [5.74, 6) is -0.173. The number of hydrogen-bond donors (Lipinski definition) is 1. The van der Waals surface area contributed by atoms with Gasteiger partial charge in [0.2, 0.25) is 0 Å². The van der Waals surface area contributed by atoms with Gasteiger partial charge in [0.1, 0.15) is 0 Å². The molecule has 3 aromatic rings. The Labute approximate surface area is 166 Å². The van der Waals surface area contributed by atoms with Crippen LogP contribution >= 0.6 is 0 Å². The van der Waals surface area contributed by atoms with Gasteiger partial charge in [0, 0.05) is 0 Å². The Bertz CT molecular complexity index is 825. The molecule has 3 aromatic carbocycles. The third-order valence-electron chi connectivity index (χ3n) is 4.27. The SMILES string of the molecule is COC(=O)[C@H]([Se]c1ccccc1)[C@@H](NCc1ccccc1)c1ccccc1. The van der Waals surface area contributed by atoms with Crippen molar-refractivity contribution in [1.82, 2.24) is 5.32 Å². The molecule has 0 saturated heterocycles. The fraction of sp³-hybridized carbons (Fsp3) is 0.174. The average molecular weight is 424 g/mol. The number of benzene rings is 3. The third-order valence-corrected chi connectivity index (χ3v) is 6.92. The van der Waals surface area contributed by atoms with E-state index < -0.39 is 0 Å². The summed E-state index contributed by atoms with van der Waals surface area (Å²) in [5, 5.41) is 3.60. The molecule has 0 radical (unpaired) electrons. The summed E-state index contributed by atoms with van der Waals surface area (Å²) in [7, 11) is 1.47. The first kappa shape index (κ1) is 19.4. The standard InChI is InChI=1S/C23H23NO2Se/c1-26-23(25)22(27-20-15-9-4-10-16-20)21(19-13-7-3-8-14-19)24-17-18-11-5-2-6-12-18/h2-16,21-22,24H,17H2,1H3/t21-,22+/m0/s1. The van der Waals surface area contributed by atoms with Gasteiger partial charge in [-0.1, -0.05) is 0 Å². The maximum atomic E-state index is 12.7. The molecule has 3 rings (SSSR count). The first-order chi connectivity index (χ1) is 13.3. The summed E-state index contributed by atoms with van der Waals surface area (Å²) in [6.45, 7) is 0.693. The number of nitrogens with one attached hydrogen (secondary N) is 1. The Morgan fingerprint density at radius 3 is 2.04 bits per heavy atom. The van der Waals surface area contributed by atoms with Gasteiger partial charge in [-0.15, -0.1) is 0 Å². The van der Waals surface area contributed by atoms with Crippen LogP contribution in [0.5, 0.6) is 0 Å². The molecule has 2 atom stereocenters. The maximum absolute atomic E-state index is 12.7. The zero-order valence-electron chi connectivity index (χ0n) is 15.2. The molecule has 0 amide bonds. The van der Waals surface area contributed by atoms with Gasteiger partial charge in [-0.25, -0.2) is 0 Å². The van der Waals surface area contributed by atoms with E-state index in [1.165, 1.54) is 17.1 Å². The number of ether oxygens (including phenoxy) is 1. The first-order valence-corrected chi connectivity index (χ1v) is 10.7. The van der Waals surface area contributed by atoms with E-state index in [2.05, 4.69) is 41.7 Å². The van der Waals surface area contributed by atoms with Crippen molar-refractivity contribution < 1.29 is 9.53 Å². The van der Waals surface area contributed by atoms with Crippen molar-refractivity contribution >= 4 is 25.4 Å². The molecule has 138 valence electrons. The number of esters is 1. The fourth-order valence-corrected chi connectivity index (χ4v) is 5.39. The van der Waals surface area contributed by atoms with E-state index in [-0.39, 0.29) is 31.8 Å². The van der Waals surface area contributed by atoms with Gasteiger partial charge in [-0.05, 0) is 0 Å². The molecule has 0 aliphatic rings. The molecule has 0 unspecified atom stereocenters. The van der Waals surface area contributed by atoms with Gasteiger partial charge in [-0.3, -0.25) is 0 Å². The topological polar surface area (TPSA) is 38.3 Å². The number of methoxy groups -OCH3 is 1. The molecule has 0 spiro atoms. The molecule has 0 aromatic heterocycles. The summed E-state index contributed by atoms with van der Waals surface area (Å²) in [6.07, 6.45) is 0. The molecule has 3 nitrogen and oxygen atoms in total. The molecule has 0 saturated carbocycles. The van der Waals surface area contributed by atoms with Crippen molar-refractivity contribution in [1.29, 1.82) is 0 Å². The van der Waals surface area contributed by atoms with Crippen molar-refractivity contribution in [2.45, 2.75) is 17.4 Å². The van der Waals surface area contributed by atoms with Crippen molar-refractivity contribution in [2.75, 3.05) is 7.11 Å². The molecule has 27 heavy (non-hydrogen) atoms. The van der Waals surface area contributed by atoms with Crippen LogP contribution in [0.2, 0.25) is 4.82 Å². The molecule has 0 fully saturated rings. The minimum absolute atomic E-state index is 0.0570. The van der Waals surface area contributed by atoms with Gasteiger partial charge < -0.3 is 0 Å². The molecular formula is C23H23NO2Se. The van der Waals surface area contributed by atoms with Gasteiger partial charge in [0.25, 0.3) is 0 Å². The van der Waals surface area contributed by atoms with Crippen LogP contribution < -0.4 is 9.78 Å². The molecule has 0 aliphatic heterocycles. The summed E-state index contributed by atoms with van der Waals surface area (Å²) >= 11 is -0.0570. The molecule has 0 aliphatic carbocycles. The Balaban J connectivity index is 1.88. The van der Waals surface area contributed by atoms with Gasteiger partial charge in [0.15, 0.2) is 0 Å². The number of carbonyl (C=O) groups is 1. The van der Waals surface area contributed by atoms with Crippen molar-refractivity contribution in [2.24, 2.45) is 0 Å². The summed E-state index contributed by atoms with van der Waals surface area (Å²) in [6, 6.07) is 30.5. The predicted molar refractivity (Wildman–Crippen MR) is 110 cm³/mol. The van der Waals surface area contributed by atoms with Crippen LogP contribution in [0.1, 0.15) is 17.2 Å². The van der Waals surface area contributed by atoms with E-state index in [9.17, 15) is 4.79 Å². The number of rotatable bonds is 8. The van der Waals surface area contributed by atoms with E-state index in [4.69, 9.17) is 4.74 Å². The van der Waals surface area contributed by atoms with Crippen molar-refractivity contribution in [3.63, 3.8) is 0 Å². The van der Waals surface area contributed by atoms with Crippen LogP contribution in [0.15, 0.2) is 91.0 Å². The first-order valence-electron chi connectivity index (χ1n) is 8.89. The van der Waals surface area contributed by atoms with Crippen LogP contribution in [0.4, 0.5) is 0 Å². The van der Waals surface area contributed by atoms with E-state index in [0.29, 0.717) is 6.54 Å². The summed E-state index contributed by atoms with van der Waals surface area (Å²) < 4.78 is 6.36. The van der Waals surface area contributed by atoms with E-state index in [0.717, 1.165) is 5.56 Å². The average Bonchev–Trinajstić information content (AvgIpc) is 2.74. The van der Waals surface area contributed by atoms with E-state index >= 15 is 0 Å². The second-order valence-corrected chi connectivity index (χ2v) is 8.68. The Morgan fingerprint density at radius 1 is 0.889 bits per heavy atom. The van der Waals surface area contributed by atoms with Crippen LogP contribution in [-0.4, -0.2) is 28.0 Å². The molecule has 0 heterocycles. The Hall–Kier alpha value is -2.39. The van der Waals surface area contributed by atoms with Crippen LogP contribution in [0.25, 0.3) is 0 Å². The van der Waals surface area contributed by atoms with Crippen LogP contribution in [-0.2, 0) is 16.1 Å². The minimum atomic E-state index is -0.254. The van der Waals surface area contributed by atoms with Crippen molar-refractivity contribution in [3.8, 4) is 0 Å². The molecule has 1 N–H and O–H groups in total. The Morgan fingerprint density at radius 2 is 1.44 bits per heavy atom. The second-order valence-electron chi connectivity index (χ2n) is 6.13. The zero-order chi connectivity index (χ0) is 18.9. The molecule has 4 heteroatoms.